The maximum absolute atomic E-state index is 13.1. The number of carboxylic acid groups (broad SMARTS) is 1. The molecule has 3 aromatic carbocycles. The van der Waals surface area contributed by atoms with E-state index in [1.54, 1.807) is 24.3 Å². The van der Waals surface area contributed by atoms with Crippen molar-refractivity contribution in [3.05, 3.63) is 107 Å². The van der Waals surface area contributed by atoms with Gasteiger partial charge in [-0.2, -0.15) is 0 Å². The molecule has 0 bridgehead atoms. The van der Waals surface area contributed by atoms with Gasteiger partial charge in [-0.15, -0.1) is 11.8 Å². The average molecular weight is 477 g/mol. The molecule has 0 fully saturated rings. The summed E-state index contributed by atoms with van der Waals surface area (Å²) in [7, 11) is 0. The summed E-state index contributed by atoms with van der Waals surface area (Å²) in [4.78, 5) is 46.6. The molecule has 0 aliphatic rings. The van der Waals surface area contributed by atoms with E-state index in [0.29, 0.717) is 16.3 Å². The molecule has 1 unspecified atom stereocenters. The van der Waals surface area contributed by atoms with Crippen molar-refractivity contribution in [1.82, 2.24) is 0 Å². The Hall–Kier alpha value is -4.44. The van der Waals surface area contributed by atoms with Crippen molar-refractivity contribution in [3.63, 3.8) is 0 Å². The van der Waals surface area contributed by atoms with Crippen LogP contribution in [0.3, 0.4) is 0 Å². The molecule has 0 aromatic heterocycles. The molecule has 0 saturated carbocycles. The van der Waals surface area contributed by atoms with Crippen molar-refractivity contribution in [2.45, 2.75) is 10.1 Å². The molecule has 0 heterocycles. The van der Waals surface area contributed by atoms with Crippen LogP contribution in [0.4, 0.5) is 17.1 Å². The van der Waals surface area contributed by atoms with E-state index < -0.39 is 22.0 Å². The third-order valence-electron chi connectivity index (χ3n) is 4.42. The van der Waals surface area contributed by atoms with Gasteiger partial charge >= 0.3 is 5.97 Å². The van der Waals surface area contributed by atoms with Crippen LogP contribution >= 0.6 is 11.8 Å². The van der Waals surface area contributed by atoms with Crippen LogP contribution in [-0.4, -0.2) is 27.8 Å². The van der Waals surface area contributed by atoms with Crippen molar-refractivity contribution in [2.24, 2.45) is 0 Å². The first-order valence-corrected chi connectivity index (χ1v) is 10.8. The van der Waals surface area contributed by atoms with Crippen molar-refractivity contribution in [3.8, 4) is 0 Å². The minimum absolute atomic E-state index is 0.0796. The maximum atomic E-state index is 13.1. The number of carboxylic acids is 1. The summed E-state index contributed by atoms with van der Waals surface area (Å²) >= 11 is 1.25. The SMILES string of the molecule is O=C(O)/C=C/C(=O)Nc1cccc(SC(C(=O)Nc2ccc([N+](=O)[O-])cc2)c2ccccc2)c1. The Morgan fingerprint density at radius 3 is 2.24 bits per heavy atom. The number of hydrogen-bond donors (Lipinski definition) is 3. The van der Waals surface area contributed by atoms with Crippen LogP contribution in [-0.2, 0) is 14.4 Å². The monoisotopic (exact) mass is 477 g/mol. The molecule has 1 atom stereocenters. The van der Waals surface area contributed by atoms with E-state index in [9.17, 15) is 24.5 Å². The molecule has 3 aromatic rings. The Morgan fingerprint density at radius 2 is 1.59 bits per heavy atom. The van der Waals surface area contributed by atoms with Gasteiger partial charge in [0.05, 0.1) is 4.92 Å². The van der Waals surface area contributed by atoms with E-state index in [0.717, 1.165) is 17.7 Å². The summed E-state index contributed by atoms with van der Waals surface area (Å²) in [6, 6.07) is 21.4. The summed E-state index contributed by atoms with van der Waals surface area (Å²) in [5.74, 6) is -2.16. The van der Waals surface area contributed by atoms with Crippen LogP contribution in [0, 0.1) is 10.1 Å². The van der Waals surface area contributed by atoms with Crippen molar-refractivity contribution in [2.75, 3.05) is 10.6 Å². The van der Waals surface area contributed by atoms with E-state index in [-0.39, 0.29) is 11.6 Å². The van der Waals surface area contributed by atoms with Crippen LogP contribution < -0.4 is 10.6 Å². The van der Waals surface area contributed by atoms with E-state index in [1.807, 2.05) is 30.3 Å². The number of nitro groups is 1. The first-order chi connectivity index (χ1) is 16.3. The molecule has 0 radical (unpaired) electrons. The molecule has 172 valence electrons. The summed E-state index contributed by atoms with van der Waals surface area (Å²) in [5.41, 5.74) is 1.52. The molecule has 0 aliphatic carbocycles. The maximum Gasteiger partial charge on any atom is 0.328 e. The Kier molecular flexibility index (Phi) is 8.14. The number of aliphatic carboxylic acids is 1. The van der Waals surface area contributed by atoms with Crippen molar-refractivity contribution < 1.29 is 24.4 Å². The second-order valence-electron chi connectivity index (χ2n) is 6.89. The standard InChI is InChI=1S/C24H19N3O6S/c28-21(13-14-22(29)30)25-18-7-4-8-20(15-18)34-23(16-5-2-1-3-6-16)24(31)26-17-9-11-19(12-10-17)27(32)33/h1-15,23H,(H,25,28)(H,26,31)(H,29,30)/b14-13+. The number of nitro benzene ring substituents is 1. The highest BCUT2D eigenvalue weighted by molar-refractivity contribution is 8.00. The zero-order valence-corrected chi connectivity index (χ0v) is 18.4. The zero-order valence-electron chi connectivity index (χ0n) is 17.6. The third-order valence-corrected chi connectivity index (χ3v) is 5.67. The summed E-state index contributed by atoms with van der Waals surface area (Å²) < 4.78 is 0. The van der Waals surface area contributed by atoms with Gasteiger partial charge in [-0.25, -0.2) is 4.79 Å². The number of rotatable bonds is 9. The van der Waals surface area contributed by atoms with E-state index in [4.69, 9.17) is 5.11 Å². The molecular formula is C24H19N3O6S. The fourth-order valence-corrected chi connectivity index (χ4v) is 3.97. The second-order valence-corrected chi connectivity index (χ2v) is 8.07. The van der Waals surface area contributed by atoms with Gasteiger partial charge in [0.2, 0.25) is 11.8 Å². The summed E-state index contributed by atoms with van der Waals surface area (Å²) in [6.07, 6.45) is 1.65. The molecular weight excluding hydrogens is 458 g/mol. The molecule has 34 heavy (non-hydrogen) atoms. The van der Waals surface area contributed by atoms with Crippen LogP contribution in [0.25, 0.3) is 0 Å². The summed E-state index contributed by atoms with van der Waals surface area (Å²) in [6.45, 7) is 0. The van der Waals surface area contributed by atoms with Crippen LogP contribution in [0.5, 0.6) is 0 Å². The van der Waals surface area contributed by atoms with Gasteiger partial charge in [0.25, 0.3) is 5.69 Å². The lowest BCUT2D eigenvalue weighted by atomic mass is 10.1. The number of hydrogen-bond acceptors (Lipinski definition) is 6. The van der Waals surface area contributed by atoms with Gasteiger partial charge < -0.3 is 15.7 Å². The number of thioether (sulfide) groups is 1. The number of nitrogens with zero attached hydrogens (tertiary/aromatic N) is 1. The van der Waals surface area contributed by atoms with Crippen molar-refractivity contribution >= 4 is 46.6 Å². The Labute approximate surface area is 198 Å². The Balaban J connectivity index is 1.79. The molecule has 9 nitrogen and oxygen atoms in total. The zero-order chi connectivity index (χ0) is 24.5. The van der Waals surface area contributed by atoms with Crippen molar-refractivity contribution in [1.29, 1.82) is 0 Å². The smallest absolute Gasteiger partial charge is 0.328 e. The second kappa shape index (κ2) is 11.4. The summed E-state index contributed by atoms with van der Waals surface area (Å²) in [5, 5.41) is 24.2. The van der Waals surface area contributed by atoms with Gasteiger partial charge in [-0.3, -0.25) is 19.7 Å². The molecule has 0 saturated heterocycles. The predicted octanol–water partition coefficient (Wildman–Crippen LogP) is 4.65. The molecule has 3 N–H and O–H groups in total. The number of non-ortho nitro benzene ring substituents is 1. The Morgan fingerprint density at radius 1 is 0.882 bits per heavy atom. The Bertz CT molecular complexity index is 1230. The van der Waals surface area contributed by atoms with Gasteiger partial charge in [0, 0.05) is 40.6 Å². The molecule has 3 rings (SSSR count). The fourth-order valence-electron chi connectivity index (χ4n) is 2.89. The van der Waals surface area contributed by atoms with E-state index in [2.05, 4.69) is 10.6 Å². The molecule has 10 heteroatoms. The highest BCUT2D eigenvalue weighted by Gasteiger charge is 2.22. The predicted molar refractivity (Wildman–Crippen MR) is 129 cm³/mol. The van der Waals surface area contributed by atoms with Crippen LogP contribution in [0.15, 0.2) is 95.9 Å². The highest BCUT2D eigenvalue weighted by atomic mass is 32.2. The van der Waals surface area contributed by atoms with E-state index in [1.165, 1.54) is 36.0 Å². The lowest BCUT2D eigenvalue weighted by Crippen LogP contribution is -2.19. The third kappa shape index (κ3) is 7.04. The number of anilines is 2. The number of carbonyl (C=O) groups excluding carboxylic acids is 2. The molecule has 0 spiro atoms. The number of benzene rings is 3. The minimum atomic E-state index is -1.23. The number of nitrogens with one attached hydrogen (secondary N) is 2. The first kappa shape index (κ1) is 24.2. The van der Waals surface area contributed by atoms with Gasteiger partial charge in [-0.1, -0.05) is 36.4 Å². The number of carbonyl (C=O) groups is 3. The van der Waals surface area contributed by atoms with Crippen LogP contribution in [0.2, 0.25) is 0 Å². The fraction of sp³-hybridized carbons (Fsp3) is 0.0417. The molecule has 0 aliphatic heterocycles. The first-order valence-electron chi connectivity index (χ1n) is 9.91. The lowest BCUT2D eigenvalue weighted by Gasteiger charge is -2.17. The normalized spacial score (nSPS) is 11.5. The average Bonchev–Trinajstić information content (AvgIpc) is 2.82. The minimum Gasteiger partial charge on any atom is -0.478 e. The number of amides is 2. The largest absolute Gasteiger partial charge is 0.478 e. The quantitative estimate of drug-likeness (QED) is 0.176. The van der Waals surface area contributed by atoms with Gasteiger partial charge in [-0.05, 0) is 35.9 Å². The van der Waals surface area contributed by atoms with Gasteiger partial charge in [0.1, 0.15) is 5.25 Å². The van der Waals surface area contributed by atoms with E-state index >= 15 is 0 Å². The van der Waals surface area contributed by atoms with Gasteiger partial charge in [0.15, 0.2) is 0 Å². The highest BCUT2D eigenvalue weighted by Crippen LogP contribution is 2.37. The topological polar surface area (TPSA) is 139 Å². The van der Waals surface area contributed by atoms with Crippen LogP contribution in [0.1, 0.15) is 10.8 Å². The lowest BCUT2D eigenvalue weighted by molar-refractivity contribution is -0.384. The molecule has 2 amide bonds.